The van der Waals surface area contributed by atoms with Crippen LogP contribution in [0.3, 0.4) is 0 Å². The largest absolute Gasteiger partial charge is 0.494 e. The van der Waals surface area contributed by atoms with Crippen molar-refractivity contribution < 1.29 is 24.4 Å². The van der Waals surface area contributed by atoms with Gasteiger partial charge in [0.05, 0.1) is 29.8 Å². The van der Waals surface area contributed by atoms with Crippen LogP contribution >= 0.6 is 0 Å². The molecule has 1 aromatic carbocycles. The third-order valence-corrected chi connectivity index (χ3v) is 3.13. The Morgan fingerprint density at radius 1 is 1.33 bits per heavy atom. The van der Waals surface area contributed by atoms with Crippen LogP contribution in [0.4, 0.5) is 5.69 Å². The number of hydrogen-bond acceptors (Lipinski definition) is 7. The van der Waals surface area contributed by atoms with Gasteiger partial charge < -0.3 is 14.7 Å². The lowest BCUT2D eigenvalue weighted by atomic mass is 10.0. The number of ether oxygens (including phenoxy) is 2. The molecule has 0 aliphatic carbocycles. The molecule has 0 amide bonds. The van der Waals surface area contributed by atoms with Crippen molar-refractivity contribution in [1.82, 2.24) is 0 Å². The van der Waals surface area contributed by atoms with Gasteiger partial charge in [-0.1, -0.05) is 0 Å². The number of esters is 1. The quantitative estimate of drug-likeness (QED) is 0.175. The summed E-state index contributed by atoms with van der Waals surface area (Å²) in [6.45, 7) is 3.92. The highest BCUT2D eigenvalue weighted by Crippen LogP contribution is 2.18. The van der Waals surface area contributed by atoms with Crippen molar-refractivity contribution in [2.75, 3.05) is 6.61 Å². The molecule has 1 atom stereocenters. The van der Waals surface area contributed by atoms with Crippen molar-refractivity contribution in [2.24, 2.45) is 11.1 Å². The van der Waals surface area contributed by atoms with Crippen LogP contribution < -0.4 is 4.74 Å². The van der Waals surface area contributed by atoms with E-state index in [1.807, 2.05) is 0 Å². The van der Waals surface area contributed by atoms with Crippen LogP contribution in [0.5, 0.6) is 5.75 Å². The van der Waals surface area contributed by atoms with E-state index in [4.69, 9.17) is 14.7 Å². The van der Waals surface area contributed by atoms with Gasteiger partial charge in [-0.05, 0) is 45.2 Å². The molecule has 1 aromatic rings. The van der Waals surface area contributed by atoms with Crippen molar-refractivity contribution in [3.8, 4) is 5.75 Å². The van der Waals surface area contributed by atoms with Gasteiger partial charge in [0, 0.05) is 12.1 Å². The molecule has 0 saturated carbocycles. The molecule has 0 aliphatic heterocycles. The van der Waals surface area contributed by atoms with Gasteiger partial charge in [0.25, 0.3) is 5.69 Å². The summed E-state index contributed by atoms with van der Waals surface area (Å²) in [7, 11) is 0. The molecule has 132 valence electrons. The third kappa shape index (κ3) is 7.08. The number of non-ortho nitro benzene ring substituents is 1. The fraction of sp³-hybridized carbons (Fsp3) is 0.500. The number of oxime groups is 1. The summed E-state index contributed by atoms with van der Waals surface area (Å²) in [5.41, 5.74) is 0.0112. The predicted octanol–water partition coefficient (Wildman–Crippen LogP) is 3.17. The maximum atomic E-state index is 11.8. The molecule has 1 rings (SSSR count). The van der Waals surface area contributed by atoms with Crippen LogP contribution in [0.15, 0.2) is 29.4 Å². The van der Waals surface area contributed by atoms with E-state index >= 15 is 0 Å². The van der Waals surface area contributed by atoms with Crippen LogP contribution in [0, 0.1) is 16.0 Å². The van der Waals surface area contributed by atoms with Gasteiger partial charge in [0.15, 0.2) is 0 Å². The summed E-state index contributed by atoms with van der Waals surface area (Å²) in [5.74, 6) is -0.454. The van der Waals surface area contributed by atoms with Gasteiger partial charge in [-0.3, -0.25) is 14.9 Å². The zero-order valence-electron chi connectivity index (χ0n) is 13.8. The summed E-state index contributed by atoms with van der Waals surface area (Å²) in [4.78, 5) is 21.9. The van der Waals surface area contributed by atoms with Gasteiger partial charge in [0.2, 0.25) is 0 Å². The number of hydrogen-bond donors (Lipinski definition) is 1. The molecule has 0 aromatic heterocycles. The Morgan fingerprint density at radius 3 is 2.54 bits per heavy atom. The third-order valence-electron chi connectivity index (χ3n) is 3.13. The van der Waals surface area contributed by atoms with E-state index in [0.29, 0.717) is 31.6 Å². The summed E-state index contributed by atoms with van der Waals surface area (Å²) in [6.07, 6.45) is 2.79. The molecule has 1 unspecified atom stereocenters. The van der Waals surface area contributed by atoms with Crippen LogP contribution in [0.25, 0.3) is 0 Å². The van der Waals surface area contributed by atoms with Crippen molar-refractivity contribution in [3.05, 3.63) is 34.4 Å². The number of benzene rings is 1. The van der Waals surface area contributed by atoms with Crippen LogP contribution in [0.2, 0.25) is 0 Å². The Balaban J connectivity index is 2.32. The van der Waals surface area contributed by atoms with E-state index in [-0.39, 0.29) is 11.8 Å². The molecule has 8 heteroatoms. The summed E-state index contributed by atoms with van der Waals surface area (Å²) >= 11 is 0. The number of nitro benzene ring substituents is 1. The second-order valence-corrected chi connectivity index (χ2v) is 5.45. The van der Waals surface area contributed by atoms with Crippen LogP contribution in [-0.4, -0.2) is 35.0 Å². The predicted molar refractivity (Wildman–Crippen MR) is 87.4 cm³/mol. The van der Waals surface area contributed by atoms with E-state index in [0.717, 1.165) is 0 Å². The van der Waals surface area contributed by atoms with Gasteiger partial charge in [-0.15, -0.1) is 5.16 Å². The van der Waals surface area contributed by atoms with Crippen LogP contribution in [-0.2, 0) is 9.53 Å². The lowest BCUT2D eigenvalue weighted by Crippen LogP contribution is -2.22. The fourth-order valence-corrected chi connectivity index (χ4v) is 1.97. The van der Waals surface area contributed by atoms with Crippen molar-refractivity contribution in [2.45, 2.75) is 39.2 Å². The smallest absolute Gasteiger partial charge is 0.314 e. The number of unbranched alkanes of at least 4 members (excludes halogenated alkanes) is 1. The average molecular weight is 338 g/mol. The maximum Gasteiger partial charge on any atom is 0.314 e. The second-order valence-electron chi connectivity index (χ2n) is 5.45. The van der Waals surface area contributed by atoms with Gasteiger partial charge >= 0.3 is 5.97 Å². The monoisotopic (exact) mass is 338 g/mol. The molecular formula is C16H22N2O6. The Labute approximate surface area is 140 Å². The normalized spacial score (nSPS) is 12.3. The molecule has 0 heterocycles. The van der Waals surface area contributed by atoms with Gasteiger partial charge in [-0.25, -0.2) is 0 Å². The Hall–Kier alpha value is -2.64. The zero-order chi connectivity index (χ0) is 17.9. The first kappa shape index (κ1) is 19.4. The molecule has 0 saturated heterocycles. The molecular weight excluding hydrogens is 316 g/mol. The topological polar surface area (TPSA) is 111 Å². The van der Waals surface area contributed by atoms with Crippen molar-refractivity contribution >= 4 is 17.9 Å². The van der Waals surface area contributed by atoms with Crippen molar-refractivity contribution in [3.63, 3.8) is 0 Å². The number of carbonyl (C=O) groups is 1. The first-order chi connectivity index (χ1) is 11.4. The van der Waals surface area contributed by atoms with Crippen molar-refractivity contribution in [1.29, 1.82) is 0 Å². The Morgan fingerprint density at radius 2 is 2.00 bits per heavy atom. The summed E-state index contributed by atoms with van der Waals surface area (Å²) in [5, 5.41) is 22.1. The number of carbonyl (C=O) groups excluding carboxylic acids is 1. The minimum Gasteiger partial charge on any atom is -0.494 e. The lowest BCUT2D eigenvalue weighted by Gasteiger charge is -2.13. The number of rotatable bonds is 10. The average Bonchev–Trinajstić information content (AvgIpc) is 2.53. The standard InChI is InChI=1S/C16H22N2O6/c1-12(2)24-16(19)13(11-17-20)5-3-4-10-23-15-8-6-14(7-9-15)18(21)22/h6-9,11-13,20H,3-5,10H2,1-2H3/b17-11-. The minimum absolute atomic E-state index is 0.0112. The van der Waals surface area contributed by atoms with E-state index in [1.165, 1.54) is 18.3 Å². The Bertz CT molecular complexity index is 556. The molecule has 0 bridgehead atoms. The number of nitrogens with zero attached hydrogens (tertiary/aromatic N) is 2. The summed E-state index contributed by atoms with van der Waals surface area (Å²) in [6, 6.07) is 5.84. The summed E-state index contributed by atoms with van der Waals surface area (Å²) < 4.78 is 10.6. The molecule has 1 N–H and O–H groups in total. The van der Waals surface area contributed by atoms with Crippen LogP contribution in [0.1, 0.15) is 33.1 Å². The zero-order valence-corrected chi connectivity index (χ0v) is 13.8. The van der Waals surface area contributed by atoms with Gasteiger partial charge in [-0.2, -0.15) is 0 Å². The van der Waals surface area contributed by atoms with E-state index < -0.39 is 16.8 Å². The van der Waals surface area contributed by atoms with Gasteiger partial charge in [0.1, 0.15) is 5.75 Å². The first-order valence-corrected chi connectivity index (χ1v) is 7.69. The molecule has 0 aliphatic rings. The molecule has 0 fully saturated rings. The molecule has 24 heavy (non-hydrogen) atoms. The highest BCUT2D eigenvalue weighted by atomic mass is 16.6. The molecule has 8 nitrogen and oxygen atoms in total. The van der Waals surface area contributed by atoms with E-state index in [1.54, 1.807) is 26.0 Å². The minimum atomic E-state index is -0.586. The highest BCUT2D eigenvalue weighted by molar-refractivity contribution is 5.89. The molecule has 0 spiro atoms. The molecule has 0 radical (unpaired) electrons. The fourth-order valence-electron chi connectivity index (χ4n) is 1.97. The lowest BCUT2D eigenvalue weighted by molar-refractivity contribution is -0.384. The Kier molecular flexibility index (Phi) is 8.24. The highest BCUT2D eigenvalue weighted by Gasteiger charge is 2.19. The SMILES string of the molecule is CC(C)OC(=O)C(/C=N\O)CCCCOc1ccc([N+](=O)[O-])cc1. The maximum absolute atomic E-state index is 11.8. The van der Waals surface area contributed by atoms with E-state index in [9.17, 15) is 14.9 Å². The first-order valence-electron chi connectivity index (χ1n) is 7.69. The second kappa shape index (κ2) is 10.2. The number of nitro groups is 1. The van der Waals surface area contributed by atoms with E-state index in [2.05, 4.69) is 5.16 Å².